The summed E-state index contributed by atoms with van der Waals surface area (Å²) in [5.41, 5.74) is 0.874. The lowest BCUT2D eigenvalue weighted by atomic mass is 10.4. The normalized spacial score (nSPS) is 11.0. The first kappa shape index (κ1) is 17.0. The molecule has 9 heteroatoms. The molecule has 0 aliphatic heterocycles. The number of carbonyl (C=O) groups excluding carboxylic acids is 1. The molecule has 0 aliphatic rings. The van der Waals surface area contributed by atoms with Crippen molar-refractivity contribution in [3.8, 4) is 18.0 Å². The van der Waals surface area contributed by atoms with Crippen molar-refractivity contribution in [1.29, 1.82) is 0 Å². The highest BCUT2D eigenvalue weighted by molar-refractivity contribution is 7.91. The van der Waals surface area contributed by atoms with E-state index in [0.29, 0.717) is 5.69 Å². The van der Waals surface area contributed by atoms with Gasteiger partial charge in [0.05, 0.1) is 24.6 Å². The van der Waals surface area contributed by atoms with E-state index < -0.39 is 21.5 Å². The lowest BCUT2D eigenvalue weighted by Gasteiger charge is -2.18. The predicted molar refractivity (Wildman–Crippen MR) is 87.3 cm³/mol. The number of terminal acetylenes is 1. The topological polar surface area (TPSA) is 85.2 Å². The summed E-state index contributed by atoms with van der Waals surface area (Å²) in [6, 6.07) is 3.47. The Morgan fingerprint density at radius 1 is 1.52 bits per heavy atom. The van der Waals surface area contributed by atoms with Gasteiger partial charge < -0.3 is 0 Å². The minimum absolute atomic E-state index is 0.0333. The minimum Gasteiger partial charge on any atom is -0.295 e. The Hall–Kier alpha value is -2.37. The van der Waals surface area contributed by atoms with Crippen LogP contribution in [0.4, 0.5) is 5.69 Å². The van der Waals surface area contributed by atoms with Crippen molar-refractivity contribution in [3.63, 3.8) is 0 Å². The molecule has 1 amide bonds. The van der Waals surface area contributed by atoms with E-state index in [1.807, 2.05) is 0 Å². The molecule has 0 aromatic carbocycles. The number of aromatic nitrogens is 3. The third-order valence-electron chi connectivity index (χ3n) is 2.79. The van der Waals surface area contributed by atoms with E-state index >= 15 is 0 Å². The Labute approximate surface area is 138 Å². The molecule has 0 unspecified atom stereocenters. The Bertz CT molecular complexity index is 856. The lowest BCUT2D eigenvalue weighted by Crippen LogP contribution is -2.35. The van der Waals surface area contributed by atoms with Gasteiger partial charge in [0.1, 0.15) is 11.4 Å². The van der Waals surface area contributed by atoms with Crippen LogP contribution >= 0.6 is 11.6 Å². The molecule has 0 radical (unpaired) electrons. The van der Waals surface area contributed by atoms with Crippen molar-refractivity contribution in [2.45, 2.75) is 0 Å². The van der Waals surface area contributed by atoms with Crippen molar-refractivity contribution in [2.75, 3.05) is 23.5 Å². The van der Waals surface area contributed by atoms with Crippen LogP contribution in [0.5, 0.6) is 0 Å². The summed E-state index contributed by atoms with van der Waals surface area (Å²) in [4.78, 5) is 17.3. The number of halogens is 1. The van der Waals surface area contributed by atoms with Crippen LogP contribution in [-0.2, 0) is 14.6 Å². The Morgan fingerprint density at radius 3 is 2.83 bits per heavy atom. The van der Waals surface area contributed by atoms with E-state index in [9.17, 15) is 13.2 Å². The standard InChI is InChI=1S/C14H13ClN4O3S/c1-3-7-18(13(20)10-23(2,21)22)12-9-19(17-14(12)15)11-5-4-6-16-8-11/h1,4-6,8-9H,7,10H2,2H3. The predicted octanol–water partition coefficient (Wildman–Crippen LogP) is 0.931. The summed E-state index contributed by atoms with van der Waals surface area (Å²) in [6.07, 6.45) is 10.9. The van der Waals surface area contributed by atoms with Crippen molar-refractivity contribution < 1.29 is 13.2 Å². The molecule has 2 rings (SSSR count). The maximum atomic E-state index is 12.2. The quantitative estimate of drug-likeness (QED) is 0.747. The van der Waals surface area contributed by atoms with Crippen molar-refractivity contribution in [2.24, 2.45) is 0 Å². The fourth-order valence-electron chi connectivity index (χ4n) is 1.85. The zero-order valence-electron chi connectivity index (χ0n) is 12.2. The second-order valence-corrected chi connectivity index (χ2v) is 7.21. The van der Waals surface area contributed by atoms with Crippen LogP contribution in [0.3, 0.4) is 0 Å². The largest absolute Gasteiger partial charge is 0.295 e. The number of amides is 1. The highest BCUT2D eigenvalue weighted by atomic mass is 35.5. The number of carbonyl (C=O) groups is 1. The zero-order valence-corrected chi connectivity index (χ0v) is 13.8. The maximum absolute atomic E-state index is 12.2. The van der Waals surface area contributed by atoms with Gasteiger partial charge in [0.2, 0.25) is 5.91 Å². The Morgan fingerprint density at radius 2 is 2.26 bits per heavy atom. The average Bonchev–Trinajstić information content (AvgIpc) is 2.85. The number of rotatable bonds is 5. The van der Waals surface area contributed by atoms with Crippen LogP contribution in [0, 0.1) is 12.3 Å². The van der Waals surface area contributed by atoms with Crippen LogP contribution in [0.1, 0.15) is 0 Å². The number of sulfone groups is 1. The van der Waals surface area contributed by atoms with E-state index in [4.69, 9.17) is 18.0 Å². The first-order valence-electron chi connectivity index (χ1n) is 6.39. The molecular weight excluding hydrogens is 340 g/mol. The van der Waals surface area contributed by atoms with Gasteiger partial charge in [-0.2, -0.15) is 5.10 Å². The highest BCUT2D eigenvalue weighted by Gasteiger charge is 2.23. The molecule has 0 atom stereocenters. The summed E-state index contributed by atoms with van der Waals surface area (Å²) in [5.74, 6) is 0.979. The van der Waals surface area contributed by atoms with Crippen LogP contribution in [-0.4, -0.2) is 47.6 Å². The van der Waals surface area contributed by atoms with Crippen molar-refractivity contribution >= 4 is 33.0 Å². The van der Waals surface area contributed by atoms with Crippen LogP contribution in [0.25, 0.3) is 5.69 Å². The number of nitrogens with zero attached hydrogens (tertiary/aromatic N) is 4. The minimum atomic E-state index is -3.49. The van der Waals surface area contributed by atoms with Gasteiger partial charge in [-0.3, -0.25) is 14.7 Å². The fraction of sp³-hybridized carbons (Fsp3) is 0.214. The second-order valence-electron chi connectivity index (χ2n) is 4.72. The van der Waals surface area contributed by atoms with Crippen LogP contribution < -0.4 is 4.90 Å². The monoisotopic (exact) mass is 352 g/mol. The Kier molecular flexibility index (Phi) is 5.03. The summed E-state index contributed by atoms with van der Waals surface area (Å²) in [6.45, 7) is -0.118. The molecule has 0 N–H and O–H groups in total. The van der Waals surface area contributed by atoms with Crippen LogP contribution in [0.15, 0.2) is 30.7 Å². The SMILES string of the molecule is C#CCN(C(=O)CS(C)(=O)=O)c1cn(-c2cccnc2)nc1Cl. The second kappa shape index (κ2) is 6.81. The maximum Gasteiger partial charge on any atom is 0.243 e. The number of hydrogen-bond donors (Lipinski definition) is 0. The summed E-state index contributed by atoms with van der Waals surface area (Å²) in [7, 11) is -3.49. The molecule has 2 aromatic heterocycles. The molecule has 0 saturated carbocycles. The molecule has 0 fully saturated rings. The van der Waals surface area contributed by atoms with Crippen molar-refractivity contribution in [1.82, 2.24) is 14.8 Å². The highest BCUT2D eigenvalue weighted by Crippen LogP contribution is 2.26. The van der Waals surface area contributed by atoms with Gasteiger partial charge in [0.25, 0.3) is 0 Å². The van der Waals surface area contributed by atoms with E-state index in [0.717, 1.165) is 11.2 Å². The third-order valence-corrected chi connectivity index (χ3v) is 3.83. The first-order chi connectivity index (χ1) is 10.8. The molecule has 0 spiro atoms. The lowest BCUT2D eigenvalue weighted by molar-refractivity contribution is -0.116. The fourth-order valence-corrected chi connectivity index (χ4v) is 2.68. The van der Waals surface area contributed by atoms with E-state index in [2.05, 4.69) is 16.0 Å². The molecule has 0 bridgehead atoms. The van der Waals surface area contributed by atoms with E-state index in [-0.39, 0.29) is 17.4 Å². The van der Waals surface area contributed by atoms with E-state index in [1.165, 1.54) is 10.9 Å². The smallest absolute Gasteiger partial charge is 0.243 e. The number of hydrogen-bond acceptors (Lipinski definition) is 5. The van der Waals surface area contributed by atoms with Gasteiger partial charge >= 0.3 is 0 Å². The van der Waals surface area contributed by atoms with E-state index in [1.54, 1.807) is 24.5 Å². The van der Waals surface area contributed by atoms with Gasteiger partial charge in [-0.05, 0) is 12.1 Å². The molecule has 0 saturated heterocycles. The summed E-state index contributed by atoms with van der Waals surface area (Å²) < 4.78 is 24.1. The van der Waals surface area contributed by atoms with Gasteiger partial charge in [0.15, 0.2) is 15.0 Å². The van der Waals surface area contributed by atoms with Gasteiger partial charge in [-0.1, -0.05) is 17.5 Å². The third kappa shape index (κ3) is 4.31. The van der Waals surface area contributed by atoms with Crippen LogP contribution in [0.2, 0.25) is 5.15 Å². The number of anilines is 1. The first-order valence-corrected chi connectivity index (χ1v) is 8.83. The summed E-state index contributed by atoms with van der Waals surface area (Å²) in [5, 5.41) is 4.13. The number of pyridine rings is 1. The average molecular weight is 353 g/mol. The zero-order chi connectivity index (χ0) is 17.0. The molecule has 2 heterocycles. The van der Waals surface area contributed by atoms with Gasteiger partial charge in [-0.15, -0.1) is 6.42 Å². The van der Waals surface area contributed by atoms with Gasteiger partial charge in [0, 0.05) is 12.5 Å². The molecule has 7 nitrogen and oxygen atoms in total. The Balaban J connectivity index is 2.39. The molecule has 23 heavy (non-hydrogen) atoms. The van der Waals surface area contributed by atoms with Gasteiger partial charge in [-0.25, -0.2) is 13.1 Å². The molecular formula is C14H13ClN4O3S. The summed E-state index contributed by atoms with van der Waals surface area (Å²) >= 11 is 6.08. The molecule has 0 aliphatic carbocycles. The van der Waals surface area contributed by atoms with Crippen molar-refractivity contribution in [3.05, 3.63) is 35.9 Å². The molecule has 2 aromatic rings. The molecule has 120 valence electrons.